The normalized spacial score (nSPS) is 10.7. The van der Waals surface area contributed by atoms with Crippen LogP contribution < -0.4 is 11.1 Å². The maximum atomic E-state index is 6.10. The number of nitrogens with two attached hydrogens (primary N) is 1. The Labute approximate surface area is 113 Å². The van der Waals surface area contributed by atoms with Crippen molar-refractivity contribution in [3.8, 4) is 0 Å². The molecule has 0 atom stereocenters. The monoisotopic (exact) mass is 275 g/mol. The van der Waals surface area contributed by atoms with Gasteiger partial charge in [0.05, 0.1) is 21.6 Å². The molecule has 3 rings (SSSR count). The van der Waals surface area contributed by atoms with E-state index in [0.717, 1.165) is 21.6 Å². The number of hydrogen-bond donors (Lipinski definition) is 2. The van der Waals surface area contributed by atoms with E-state index in [1.54, 1.807) is 16.8 Å². The molecular formula is C13H10ClN3S. The predicted octanol–water partition coefficient (Wildman–Crippen LogP) is 4.28. The molecular weight excluding hydrogens is 266 g/mol. The lowest BCUT2D eigenvalue weighted by molar-refractivity contribution is 1.49. The molecule has 0 aliphatic heterocycles. The lowest BCUT2D eigenvalue weighted by Gasteiger charge is -2.09. The molecule has 0 saturated carbocycles. The molecule has 3 aromatic rings. The number of rotatable bonds is 2. The largest absolute Gasteiger partial charge is 0.395 e. The third-order valence-corrected chi connectivity index (χ3v) is 3.67. The zero-order valence-corrected chi connectivity index (χ0v) is 10.9. The van der Waals surface area contributed by atoms with E-state index in [1.807, 2.05) is 36.4 Å². The van der Waals surface area contributed by atoms with Crippen LogP contribution in [0.2, 0.25) is 5.02 Å². The molecule has 3 nitrogen and oxygen atoms in total. The van der Waals surface area contributed by atoms with E-state index in [9.17, 15) is 0 Å². The molecule has 5 heteroatoms. The van der Waals surface area contributed by atoms with Crippen LogP contribution in [-0.4, -0.2) is 4.98 Å². The van der Waals surface area contributed by atoms with Gasteiger partial charge >= 0.3 is 0 Å². The quantitative estimate of drug-likeness (QED) is 0.687. The highest BCUT2D eigenvalue weighted by Gasteiger charge is 2.07. The average Bonchev–Trinajstić information content (AvgIpc) is 2.82. The lowest BCUT2D eigenvalue weighted by Crippen LogP contribution is -1.96. The molecule has 0 saturated heterocycles. The molecule has 3 N–H and O–H groups in total. The number of aromatic nitrogens is 1. The van der Waals surface area contributed by atoms with Crippen LogP contribution in [0.3, 0.4) is 0 Å². The Balaban J connectivity index is 2.02. The van der Waals surface area contributed by atoms with Gasteiger partial charge in [-0.05, 0) is 30.3 Å². The Morgan fingerprint density at radius 3 is 2.94 bits per heavy atom. The van der Waals surface area contributed by atoms with Crippen molar-refractivity contribution in [1.29, 1.82) is 0 Å². The highest BCUT2D eigenvalue weighted by atomic mass is 35.5. The van der Waals surface area contributed by atoms with Crippen molar-refractivity contribution < 1.29 is 0 Å². The van der Waals surface area contributed by atoms with Gasteiger partial charge in [-0.1, -0.05) is 17.7 Å². The van der Waals surface area contributed by atoms with Crippen LogP contribution in [0, 0.1) is 0 Å². The van der Waals surface area contributed by atoms with Gasteiger partial charge in [0.25, 0.3) is 0 Å². The molecule has 0 spiro atoms. The number of benzene rings is 2. The van der Waals surface area contributed by atoms with Gasteiger partial charge in [-0.3, -0.25) is 0 Å². The van der Waals surface area contributed by atoms with E-state index in [4.69, 9.17) is 17.3 Å². The third kappa shape index (κ3) is 2.00. The summed E-state index contributed by atoms with van der Waals surface area (Å²) in [5.74, 6) is 0. The number of nitrogen functional groups attached to an aromatic ring is 1. The molecule has 0 radical (unpaired) electrons. The van der Waals surface area contributed by atoms with Gasteiger partial charge in [-0.2, -0.15) is 0 Å². The summed E-state index contributed by atoms with van der Waals surface area (Å²) in [7, 11) is 0. The van der Waals surface area contributed by atoms with Gasteiger partial charge in [0, 0.05) is 10.7 Å². The summed E-state index contributed by atoms with van der Waals surface area (Å²) in [6.45, 7) is 0. The topological polar surface area (TPSA) is 50.9 Å². The minimum Gasteiger partial charge on any atom is -0.395 e. The highest BCUT2D eigenvalue weighted by Crippen LogP contribution is 2.32. The summed E-state index contributed by atoms with van der Waals surface area (Å²) in [6, 6.07) is 11.5. The molecule has 0 aliphatic rings. The van der Waals surface area contributed by atoms with Crippen molar-refractivity contribution >= 4 is 50.2 Å². The van der Waals surface area contributed by atoms with Gasteiger partial charge in [0.2, 0.25) is 0 Å². The second-order valence-corrected chi connectivity index (χ2v) is 5.18. The van der Waals surface area contributed by atoms with Crippen molar-refractivity contribution in [2.45, 2.75) is 0 Å². The Hall–Kier alpha value is -1.78. The third-order valence-electron chi connectivity index (χ3n) is 2.65. The van der Waals surface area contributed by atoms with Crippen LogP contribution in [-0.2, 0) is 0 Å². The smallest absolute Gasteiger partial charge is 0.106 e. The number of hydrogen-bond acceptors (Lipinski definition) is 4. The molecule has 0 unspecified atom stereocenters. The molecule has 0 fully saturated rings. The maximum Gasteiger partial charge on any atom is 0.106 e. The first-order valence-electron chi connectivity index (χ1n) is 5.38. The zero-order valence-electron chi connectivity index (χ0n) is 9.35. The maximum absolute atomic E-state index is 6.10. The summed E-state index contributed by atoms with van der Waals surface area (Å²) in [4.78, 5) is 4.27. The summed E-state index contributed by atoms with van der Waals surface area (Å²) >= 11 is 7.53. The Morgan fingerprint density at radius 1 is 1.22 bits per heavy atom. The molecule has 0 amide bonds. The van der Waals surface area contributed by atoms with Crippen molar-refractivity contribution in [2.24, 2.45) is 0 Å². The predicted molar refractivity (Wildman–Crippen MR) is 78.8 cm³/mol. The van der Waals surface area contributed by atoms with E-state index < -0.39 is 0 Å². The van der Waals surface area contributed by atoms with Crippen LogP contribution in [0.4, 0.5) is 17.1 Å². The first-order chi connectivity index (χ1) is 8.74. The summed E-state index contributed by atoms with van der Waals surface area (Å²) in [5.41, 5.74) is 11.1. The minimum atomic E-state index is 0.661. The van der Waals surface area contributed by atoms with Gasteiger partial charge in [0.1, 0.15) is 5.52 Å². The van der Waals surface area contributed by atoms with Crippen molar-refractivity contribution in [3.63, 3.8) is 0 Å². The van der Waals surface area contributed by atoms with Crippen LogP contribution in [0.1, 0.15) is 0 Å². The van der Waals surface area contributed by atoms with E-state index in [-0.39, 0.29) is 0 Å². The first kappa shape index (κ1) is 11.3. The number of anilines is 3. The lowest BCUT2D eigenvalue weighted by atomic mass is 10.2. The first-order valence-corrected chi connectivity index (χ1v) is 6.64. The van der Waals surface area contributed by atoms with Gasteiger partial charge in [0.15, 0.2) is 0 Å². The van der Waals surface area contributed by atoms with Gasteiger partial charge < -0.3 is 11.1 Å². The second kappa shape index (κ2) is 4.48. The SMILES string of the molecule is Nc1c(Nc2cccc(Cl)c2)ccc2scnc12. The van der Waals surface area contributed by atoms with Crippen molar-refractivity contribution in [1.82, 2.24) is 4.98 Å². The molecule has 1 aromatic heterocycles. The minimum absolute atomic E-state index is 0.661. The fourth-order valence-electron chi connectivity index (χ4n) is 1.78. The van der Waals surface area contributed by atoms with Gasteiger partial charge in [-0.15, -0.1) is 11.3 Å². The Kier molecular flexibility index (Phi) is 2.81. The molecule has 1 heterocycles. The molecule has 0 bridgehead atoms. The van der Waals surface area contributed by atoms with E-state index >= 15 is 0 Å². The summed E-state index contributed by atoms with van der Waals surface area (Å²) in [5, 5.41) is 3.94. The Bertz CT molecular complexity index is 708. The number of thiazole rings is 1. The van der Waals surface area contributed by atoms with E-state index in [1.165, 1.54) is 0 Å². The molecule has 90 valence electrons. The number of nitrogens with zero attached hydrogens (tertiary/aromatic N) is 1. The molecule has 2 aromatic carbocycles. The highest BCUT2D eigenvalue weighted by molar-refractivity contribution is 7.16. The van der Waals surface area contributed by atoms with Crippen molar-refractivity contribution in [3.05, 3.63) is 46.9 Å². The fraction of sp³-hybridized carbons (Fsp3) is 0. The molecule has 0 aliphatic carbocycles. The van der Waals surface area contributed by atoms with Crippen molar-refractivity contribution in [2.75, 3.05) is 11.1 Å². The average molecular weight is 276 g/mol. The van der Waals surface area contributed by atoms with Crippen LogP contribution in [0.15, 0.2) is 41.9 Å². The van der Waals surface area contributed by atoms with E-state index in [0.29, 0.717) is 10.7 Å². The number of nitrogens with one attached hydrogen (secondary N) is 1. The zero-order chi connectivity index (χ0) is 12.5. The molecule has 18 heavy (non-hydrogen) atoms. The van der Waals surface area contributed by atoms with E-state index in [2.05, 4.69) is 10.3 Å². The fourth-order valence-corrected chi connectivity index (χ4v) is 2.67. The van der Waals surface area contributed by atoms with Gasteiger partial charge in [-0.25, -0.2) is 4.98 Å². The van der Waals surface area contributed by atoms with Crippen LogP contribution in [0.5, 0.6) is 0 Å². The second-order valence-electron chi connectivity index (χ2n) is 3.86. The Morgan fingerprint density at radius 2 is 2.11 bits per heavy atom. The summed E-state index contributed by atoms with van der Waals surface area (Å²) < 4.78 is 1.09. The number of fused-ring (bicyclic) bond motifs is 1. The van der Waals surface area contributed by atoms with Crippen LogP contribution >= 0.6 is 22.9 Å². The summed E-state index contributed by atoms with van der Waals surface area (Å²) in [6.07, 6.45) is 0. The standard InChI is InChI=1S/C13H10ClN3S/c14-8-2-1-3-9(6-8)17-10-4-5-11-13(12(10)15)16-7-18-11/h1-7,17H,15H2. The number of halogens is 1. The van der Waals surface area contributed by atoms with Crippen LogP contribution in [0.25, 0.3) is 10.2 Å².